The van der Waals surface area contributed by atoms with Gasteiger partial charge >= 0.3 is 0 Å². The average Bonchev–Trinajstić information content (AvgIpc) is 2.65. The molecular weight excluding hydrogens is 382 g/mol. The number of hydrogen-bond donors (Lipinski definition) is 0. The summed E-state index contributed by atoms with van der Waals surface area (Å²) in [5, 5.41) is 0. The van der Waals surface area contributed by atoms with E-state index in [-0.39, 0.29) is 17.8 Å². The second kappa shape index (κ2) is 8.23. The number of benzene rings is 1. The van der Waals surface area contributed by atoms with E-state index in [9.17, 15) is 4.79 Å². The summed E-state index contributed by atoms with van der Waals surface area (Å²) in [6.07, 6.45) is 10.5. The lowest BCUT2D eigenvalue weighted by atomic mass is 9.48. The molecule has 2 bridgehead atoms. The van der Waals surface area contributed by atoms with Crippen molar-refractivity contribution >= 4 is 18.2 Å². The fraction of sp³-hybridized carbons (Fsp3) is 0.720. The Morgan fingerprint density at radius 2 is 2.07 bits per heavy atom. The molecule has 0 radical (unpaired) electrons. The summed E-state index contributed by atoms with van der Waals surface area (Å²) in [6.45, 7) is 4.74. The van der Waals surface area contributed by atoms with E-state index < -0.39 is 0 Å². The SMILES string of the molecule is CCC[C@H]1CC(=O)C[C@]23CCN(CC4CCC4)[C@H](Cc4ccc(OC)cc42)[C@H]13.Cl. The number of methoxy groups -OCH3 is 1. The Labute approximate surface area is 182 Å². The standard InChI is InChI=1S/C25H35NO2.ClH/c1-3-5-19-12-20(27)15-25-10-11-26(16-17-6-4-7-17)23(24(19)25)13-18-8-9-21(28-2)14-22(18)25;/h8-9,14,17,19,23-24H,3-7,10-13,15-16H2,1-2H3;1H/t19-,23+,24-,25+;/m0./s1. The molecule has 0 spiro atoms. The molecule has 5 rings (SSSR count). The molecule has 1 aromatic rings. The van der Waals surface area contributed by atoms with Gasteiger partial charge in [0.1, 0.15) is 11.5 Å². The van der Waals surface area contributed by atoms with Crippen LogP contribution in [0.4, 0.5) is 0 Å². The Balaban J connectivity index is 0.00000205. The molecule has 3 aliphatic carbocycles. The number of carbonyl (C=O) groups is 1. The summed E-state index contributed by atoms with van der Waals surface area (Å²) in [5.74, 6) is 3.56. The highest BCUT2D eigenvalue weighted by atomic mass is 35.5. The van der Waals surface area contributed by atoms with Crippen molar-refractivity contribution in [3.63, 3.8) is 0 Å². The minimum absolute atomic E-state index is 0. The van der Waals surface area contributed by atoms with Gasteiger partial charge in [-0.25, -0.2) is 0 Å². The van der Waals surface area contributed by atoms with Crippen LogP contribution >= 0.6 is 12.4 Å². The number of nitrogens with zero attached hydrogens (tertiary/aromatic N) is 1. The van der Waals surface area contributed by atoms with Crippen LogP contribution in [0.25, 0.3) is 0 Å². The number of likely N-dealkylation sites (tertiary alicyclic amines) is 1. The van der Waals surface area contributed by atoms with E-state index in [0.717, 1.165) is 37.4 Å². The lowest BCUT2D eigenvalue weighted by Gasteiger charge is -2.61. The Morgan fingerprint density at radius 1 is 1.24 bits per heavy atom. The van der Waals surface area contributed by atoms with Gasteiger partial charge < -0.3 is 4.74 Å². The van der Waals surface area contributed by atoms with E-state index in [1.165, 1.54) is 56.3 Å². The zero-order valence-electron chi connectivity index (χ0n) is 18.0. The monoisotopic (exact) mass is 417 g/mol. The van der Waals surface area contributed by atoms with E-state index in [2.05, 4.69) is 30.0 Å². The molecule has 3 nitrogen and oxygen atoms in total. The summed E-state index contributed by atoms with van der Waals surface area (Å²) in [5.41, 5.74) is 2.98. The summed E-state index contributed by atoms with van der Waals surface area (Å²) in [7, 11) is 1.76. The third-order valence-corrected chi connectivity index (χ3v) is 8.54. The normalized spacial score (nSPS) is 33.9. The van der Waals surface area contributed by atoms with Gasteiger partial charge in [0.05, 0.1) is 7.11 Å². The lowest BCUT2D eigenvalue weighted by molar-refractivity contribution is -0.132. The summed E-state index contributed by atoms with van der Waals surface area (Å²) < 4.78 is 5.60. The van der Waals surface area contributed by atoms with Crippen molar-refractivity contribution in [3.05, 3.63) is 29.3 Å². The van der Waals surface area contributed by atoms with Crippen LogP contribution in [0.2, 0.25) is 0 Å². The molecule has 160 valence electrons. The Hall–Kier alpha value is -1.06. The first-order chi connectivity index (χ1) is 13.6. The van der Waals surface area contributed by atoms with Gasteiger partial charge in [0.2, 0.25) is 0 Å². The number of piperidine rings is 1. The molecule has 1 aromatic carbocycles. The molecular formula is C25H36ClNO2. The topological polar surface area (TPSA) is 29.5 Å². The van der Waals surface area contributed by atoms with Gasteiger partial charge in [-0.05, 0) is 79.7 Å². The van der Waals surface area contributed by atoms with Crippen molar-refractivity contribution in [1.29, 1.82) is 0 Å². The third-order valence-electron chi connectivity index (χ3n) is 8.54. The number of carbonyl (C=O) groups excluding carboxylic acids is 1. The Bertz CT molecular complexity index is 761. The van der Waals surface area contributed by atoms with Crippen LogP contribution < -0.4 is 4.74 Å². The van der Waals surface area contributed by atoms with Crippen molar-refractivity contribution in [1.82, 2.24) is 4.90 Å². The Kier molecular flexibility index (Phi) is 6.01. The van der Waals surface area contributed by atoms with Crippen LogP contribution in [0.3, 0.4) is 0 Å². The predicted molar refractivity (Wildman–Crippen MR) is 119 cm³/mol. The zero-order valence-corrected chi connectivity index (χ0v) is 18.8. The highest BCUT2D eigenvalue weighted by Crippen LogP contribution is 2.58. The van der Waals surface area contributed by atoms with Crippen molar-refractivity contribution < 1.29 is 9.53 Å². The van der Waals surface area contributed by atoms with Gasteiger partial charge in [0, 0.05) is 30.8 Å². The minimum atomic E-state index is 0. The zero-order chi connectivity index (χ0) is 19.3. The second-order valence-electron chi connectivity index (χ2n) is 9.99. The maximum absolute atomic E-state index is 12.9. The maximum atomic E-state index is 12.9. The van der Waals surface area contributed by atoms with Crippen molar-refractivity contribution in [2.24, 2.45) is 17.8 Å². The molecule has 1 aliphatic heterocycles. The van der Waals surface area contributed by atoms with Gasteiger partial charge in [-0.2, -0.15) is 0 Å². The van der Waals surface area contributed by atoms with Gasteiger partial charge in [0.15, 0.2) is 0 Å². The molecule has 0 N–H and O–H groups in total. The first kappa shape index (κ1) is 21.2. The molecule has 29 heavy (non-hydrogen) atoms. The summed E-state index contributed by atoms with van der Waals surface area (Å²) >= 11 is 0. The minimum Gasteiger partial charge on any atom is -0.497 e. The van der Waals surface area contributed by atoms with E-state index in [1.54, 1.807) is 7.11 Å². The maximum Gasteiger partial charge on any atom is 0.134 e. The van der Waals surface area contributed by atoms with Crippen LogP contribution in [0, 0.1) is 17.8 Å². The molecule has 3 fully saturated rings. The van der Waals surface area contributed by atoms with Crippen LogP contribution in [-0.2, 0) is 16.6 Å². The molecule has 0 unspecified atom stereocenters. The average molecular weight is 418 g/mol. The van der Waals surface area contributed by atoms with Crippen molar-refractivity contribution in [2.75, 3.05) is 20.2 Å². The number of ether oxygens (including phenoxy) is 1. The van der Waals surface area contributed by atoms with Gasteiger partial charge in [-0.1, -0.05) is 25.8 Å². The lowest BCUT2D eigenvalue weighted by Crippen LogP contribution is -2.65. The molecule has 4 atom stereocenters. The Morgan fingerprint density at radius 3 is 2.76 bits per heavy atom. The molecule has 1 heterocycles. The smallest absolute Gasteiger partial charge is 0.134 e. The first-order valence-corrected chi connectivity index (χ1v) is 11.6. The van der Waals surface area contributed by atoms with Crippen LogP contribution in [0.15, 0.2) is 18.2 Å². The van der Waals surface area contributed by atoms with E-state index in [1.807, 2.05) is 0 Å². The molecule has 2 saturated carbocycles. The second-order valence-corrected chi connectivity index (χ2v) is 9.99. The number of hydrogen-bond acceptors (Lipinski definition) is 3. The largest absolute Gasteiger partial charge is 0.497 e. The van der Waals surface area contributed by atoms with E-state index >= 15 is 0 Å². The number of ketones is 1. The highest BCUT2D eigenvalue weighted by Gasteiger charge is 2.58. The van der Waals surface area contributed by atoms with Crippen molar-refractivity contribution in [3.8, 4) is 5.75 Å². The summed E-state index contributed by atoms with van der Waals surface area (Å²) in [6, 6.07) is 7.32. The fourth-order valence-corrected chi connectivity index (χ4v) is 7.19. The molecule has 4 heteroatoms. The third kappa shape index (κ3) is 3.43. The van der Waals surface area contributed by atoms with Crippen LogP contribution in [0.5, 0.6) is 5.75 Å². The number of rotatable bonds is 5. The molecule has 4 aliphatic rings. The number of halogens is 1. The van der Waals surface area contributed by atoms with Gasteiger partial charge in [-0.15, -0.1) is 12.4 Å². The van der Waals surface area contributed by atoms with Crippen LogP contribution in [0.1, 0.15) is 69.4 Å². The number of Topliss-reactive ketones (excluding diaryl/α,β-unsaturated/α-hetero) is 1. The quantitative estimate of drug-likeness (QED) is 0.660. The summed E-state index contributed by atoms with van der Waals surface area (Å²) in [4.78, 5) is 15.8. The van der Waals surface area contributed by atoms with Crippen LogP contribution in [-0.4, -0.2) is 36.9 Å². The molecule has 0 amide bonds. The highest BCUT2D eigenvalue weighted by molar-refractivity contribution is 5.85. The first-order valence-electron chi connectivity index (χ1n) is 11.6. The fourth-order valence-electron chi connectivity index (χ4n) is 7.19. The van der Waals surface area contributed by atoms with Gasteiger partial charge in [0.25, 0.3) is 0 Å². The van der Waals surface area contributed by atoms with E-state index in [0.29, 0.717) is 23.7 Å². The number of fused-ring (bicyclic) bond motifs is 1. The predicted octanol–water partition coefficient (Wildman–Crippen LogP) is 5.18. The van der Waals surface area contributed by atoms with Gasteiger partial charge in [-0.3, -0.25) is 9.69 Å². The molecule has 0 aromatic heterocycles. The molecule has 1 saturated heterocycles. The van der Waals surface area contributed by atoms with Crippen molar-refractivity contribution in [2.45, 2.75) is 76.2 Å². The van der Waals surface area contributed by atoms with E-state index in [4.69, 9.17) is 4.74 Å².